The zero-order chi connectivity index (χ0) is 48.1. The Morgan fingerprint density at radius 2 is 1.29 bits per heavy atom. The lowest BCUT2D eigenvalue weighted by molar-refractivity contribution is 0.0975. The third-order valence-electron chi connectivity index (χ3n) is 12.5. The lowest BCUT2D eigenvalue weighted by Crippen LogP contribution is -2.31. The van der Waals surface area contributed by atoms with Crippen LogP contribution in [0.2, 0.25) is 0 Å². The second-order valence-corrected chi connectivity index (χ2v) is 19.5. The van der Waals surface area contributed by atoms with Crippen molar-refractivity contribution in [2.75, 3.05) is 24.9 Å². The molecule has 344 valence electrons. The molecule has 0 saturated heterocycles. The Bertz CT molecular complexity index is 3510. The van der Waals surface area contributed by atoms with E-state index in [2.05, 4.69) is 85.0 Å². The predicted octanol–water partition coefficient (Wildman–Crippen LogP) is 13.1. The minimum Gasteiger partial charge on any atom is -0.497 e. The van der Waals surface area contributed by atoms with Crippen LogP contribution in [0.5, 0.6) is 11.5 Å². The highest BCUT2D eigenvalue weighted by Crippen LogP contribution is 2.54. The SMILES string of the molecule is COc1ccc2c(c1)SC(c1c(NC(=O)c3ccccc3C)[nH]c(N=C3N=C(NC(=O)c4ccccc4C)C(c4nc5ccc(OC)cc5s4)=C3c3ccc(C)cc3C)c1-c1ccc(C)cc1C)N2. The molecule has 10 rings (SSSR count). The Morgan fingerprint density at radius 1 is 0.667 bits per heavy atom. The first-order valence-corrected chi connectivity index (χ1v) is 24.2. The van der Waals surface area contributed by atoms with Gasteiger partial charge in [0.05, 0.1) is 30.0 Å². The number of aliphatic imine (C=N–C) groups is 2. The van der Waals surface area contributed by atoms with Crippen molar-refractivity contribution in [3.63, 3.8) is 0 Å². The number of thiazole rings is 1. The van der Waals surface area contributed by atoms with Crippen LogP contribution in [-0.4, -0.2) is 47.7 Å². The number of benzene rings is 6. The fourth-order valence-corrected chi connectivity index (χ4v) is 11.3. The number of aryl methyl sites for hydroxylation is 6. The molecule has 2 aliphatic rings. The van der Waals surface area contributed by atoms with Crippen LogP contribution in [0.3, 0.4) is 0 Å². The zero-order valence-corrected chi connectivity index (χ0v) is 41.0. The van der Waals surface area contributed by atoms with Crippen LogP contribution >= 0.6 is 23.1 Å². The van der Waals surface area contributed by atoms with Crippen molar-refractivity contribution >= 4 is 85.3 Å². The summed E-state index contributed by atoms with van der Waals surface area (Å²) >= 11 is 3.12. The van der Waals surface area contributed by atoms with Gasteiger partial charge in [0, 0.05) is 38.4 Å². The smallest absolute Gasteiger partial charge is 0.257 e. The van der Waals surface area contributed by atoms with Gasteiger partial charge in [0.15, 0.2) is 5.84 Å². The quantitative estimate of drug-likeness (QED) is 0.107. The van der Waals surface area contributed by atoms with Crippen molar-refractivity contribution in [3.8, 4) is 22.6 Å². The number of H-pyrrole nitrogens is 1. The van der Waals surface area contributed by atoms with E-state index in [4.69, 9.17) is 24.4 Å². The molecule has 4 N–H and O–H groups in total. The van der Waals surface area contributed by atoms with Crippen molar-refractivity contribution in [2.45, 2.75) is 51.8 Å². The van der Waals surface area contributed by atoms with Crippen molar-refractivity contribution in [1.82, 2.24) is 15.3 Å². The number of aromatic nitrogens is 2. The van der Waals surface area contributed by atoms with Crippen LogP contribution in [0.4, 0.5) is 17.3 Å². The minimum atomic E-state index is -0.374. The van der Waals surface area contributed by atoms with Gasteiger partial charge < -0.3 is 30.4 Å². The molecule has 0 aliphatic carbocycles. The molecule has 1 unspecified atom stereocenters. The molecule has 2 aliphatic heterocycles. The van der Waals surface area contributed by atoms with Gasteiger partial charge in [-0.05, 0) is 123 Å². The summed E-state index contributed by atoms with van der Waals surface area (Å²) in [7, 11) is 3.30. The minimum absolute atomic E-state index is 0.269. The molecule has 0 saturated carbocycles. The topological polar surface area (TPSA) is 142 Å². The molecular formula is C56H49N7O4S2. The molecule has 0 fully saturated rings. The monoisotopic (exact) mass is 947 g/mol. The Hall–Kier alpha value is -7.74. The van der Waals surface area contributed by atoms with Crippen LogP contribution in [0.25, 0.3) is 32.5 Å². The fraction of sp³-hybridized carbons (Fsp3) is 0.161. The molecule has 8 aromatic rings. The van der Waals surface area contributed by atoms with E-state index in [0.29, 0.717) is 56.3 Å². The Morgan fingerprint density at radius 3 is 1.94 bits per heavy atom. The first-order chi connectivity index (χ1) is 33.4. The average molecular weight is 948 g/mol. The van der Waals surface area contributed by atoms with Gasteiger partial charge in [-0.3, -0.25) is 9.59 Å². The molecule has 1 atom stereocenters. The van der Waals surface area contributed by atoms with E-state index in [1.807, 2.05) is 92.7 Å². The van der Waals surface area contributed by atoms with Gasteiger partial charge in [-0.2, -0.15) is 0 Å². The summed E-state index contributed by atoms with van der Waals surface area (Å²) in [4.78, 5) is 49.5. The summed E-state index contributed by atoms with van der Waals surface area (Å²) in [5.74, 6) is 2.48. The van der Waals surface area contributed by atoms with Crippen LogP contribution in [0.15, 0.2) is 136 Å². The number of carbonyl (C=O) groups is 2. The Balaban J connectivity index is 1.25. The van der Waals surface area contributed by atoms with Crippen molar-refractivity contribution in [2.24, 2.45) is 9.98 Å². The third-order valence-corrected chi connectivity index (χ3v) is 14.7. The lowest BCUT2D eigenvalue weighted by atomic mass is 9.94. The number of carbonyl (C=O) groups excluding carboxylic acids is 2. The van der Waals surface area contributed by atoms with Crippen molar-refractivity contribution < 1.29 is 19.1 Å². The number of amides is 2. The molecule has 0 bridgehead atoms. The van der Waals surface area contributed by atoms with E-state index in [9.17, 15) is 9.59 Å². The normalized spacial score (nSPS) is 14.8. The first kappa shape index (κ1) is 45.1. The standard InChI is InChI=1S/C56H49N7O4S2/c1-29-17-21-37(33(5)25-29)45-47(55-57-41-23-19-35(66-7)27-43(41)68-55)51(62-53(64)39-15-11-9-13-31(39)3)60-49(45)59-50-46(38-22-18-30(2)26-34(38)6)48(56-58-42-24-20-36(67-8)28-44(42)69-56)52(61-50)63-54(65)40-16-12-10-14-32(40)4/h9-28,55,57,60H,1-8H3,(H,62,64)(H,59,61,63,65). The molecule has 0 radical (unpaired) electrons. The van der Waals surface area contributed by atoms with Crippen LogP contribution in [0, 0.1) is 41.5 Å². The summed E-state index contributed by atoms with van der Waals surface area (Å²) in [6, 6.07) is 39.4. The third kappa shape index (κ3) is 8.60. The molecule has 0 spiro atoms. The molecule has 69 heavy (non-hydrogen) atoms. The van der Waals surface area contributed by atoms with E-state index in [1.54, 1.807) is 32.0 Å². The molecule has 13 heteroatoms. The molecule has 4 heterocycles. The number of thioether (sulfide) groups is 1. The largest absolute Gasteiger partial charge is 0.497 e. The average Bonchev–Trinajstić information content (AvgIpc) is 4.11. The number of hydrogen-bond donors (Lipinski definition) is 4. The predicted molar refractivity (Wildman–Crippen MR) is 282 cm³/mol. The van der Waals surface area contributed by atoms with E-state index in [1.165, 1.54) is 11.3 Å². The second-order valence-electron chi connectivity index (χ2n) is 17.3. The van der Waals surface area contributed by atoms with Gasteiger partial charge in [0.25, 0.3) is 11.8 Å². The van der Waals surface area contributed by atoms with Gasteiger partial charge in [-0.15, -0.1) is 11.3 Å². The zero-order valence-electron chi connectivity index (χ0n) is 39.4. The summed E-state index contributed by atoms with van der Waals surface area (Å²) < 4.78 is 12.2. The number of ether oxygens (including phenoxy) is 2. The summed E-state index contributed by atoms with van der Waals surface area (Å²) in [6.07, 6.45) is 0. The molecule has 2 aromatic heterocycles. The van der Waals surface area contributed by atoms with Gasteiger partial charge >= 0.3 is 0 Å². The van der Waals surface area contributed by atoms with E-state index in [-0.39, 0.29) is 17.2 Å². The number of anilines is 2. The van der Waals surface area contributed by atoms with Crippen molar-refractivity contribution in [1.29, 1.82) is 0 Å². The number of aromatic amines is 1. The fourth-order valence-electron chi connectivity index (χ4n) is 9.02. The number of amidine groups is 2. The number of fused-ring (bicyclic) bond motifs is 2. The number of nitrogens with zero attached hydrogens (tertiary/aromatic N) is 3. The van der Waals surface area contributed by atoms with E-state index < -0.39 is 0 Å². The highest BCUT2D eigenvalue weighted by molar-refractivity contribution is 8.00. The van der Waals surface area contributed by atoms with Gasteiger partial charge in [-0.25, -0.2) is 15.0 Å². The van der Waals surface area contributed by atoms with E-state index in [0.717, 1.165) is 82.2 Å². The summed E-state index contributed by atoms with van der Waals surface area (Å²) in [5.41, 5.74) is 13.4. The maximum Gasteiger partial charge on any atom is 0.257 e. The van der Waals surface area contributed by atoms with Crippen molar-refractivity contribution in [3.05, 3.63) is 182 Å². The molecule has 6 aromatic carbocycles. The molecule has 2 amide bonds. The van der Waals surface area contributed by atoms with Crippen LogP contribution < -0.4 is 25.4 Å². The van der Waals surface area contributed by atoms with Crippen LogP contribution in [0.1, 0.15) is 75.6 Å². The number of hydrogen-bond acceptors (Lipinski definition) is 9. The maximum absolute atomic E-state index is 14.4. The number of rotatable bonds is 10. The first-order valence-electron chi connectivity index (χ1n) is 22.5. The maximum atomic E-state index is 14.4. The lowest BCUT2D eigenvalue weighted by Gasteiger charge is -2.17. The van der Waals surface area contributed by atoms with Gasteiger partial charge in [-0.1, -0.05) is 95.7 Å². The van der Waals surface area contributed by atoms with Crippen LogP contribution in [-0.2, 0) is 0 Å². The highest BCUT2D eigenvalue weighted by atomic mass is 32.2. The second kappa shape index (κ2) is 18.4. The number of methoxy groups -OCH3 is 2. The summed E-state index contributed by atoms with van der Waals surface area (Å²) in [6.45, 7) is 12.1. The molecule has 11 nitrogen and oxygen atoms in total. The van der Waals surface area contributed by atoms with Gasteiger partial charge in [0.2, 0.25) is 0 Å². The number of nitrogens with one attached hydrogen (secondary N) is 4. The summed E-state index contributed by atoms with van der Waals surface area (Å²) in [5, 5.41) is 10.5. The molecular weight excluding hydrogens is 899 g/mol. The Labute approximate surface area is 408 Å². The van der Waals surface area contributed by atoms with E-state index >= 15 is 0 Å². The highest BCUT2D eigenvalue weighted by Gasteiger charge is 2.36. The van der Waals surface area contributed by atoms with Gasteiger partial charge in [0.1, 0.15) is 39.4 Å². The Kier molecular flexibility index (Phi) is 12.0.